The molecular formula is C32H22N4O. The molecule has 2 heterocycles. The van der Waals surface area contributed by atoms with Gasteiger partial charge in [0.1, 0.15) is 11.5 Å². The first-order valence-corrected chi connectivity index (χ1v) is 12.2. The topological polar surface area (TPSA) is 52.8 Å². The predicted octanol–water partition coefficient (Wildman–Crippen LogP) is 6.82. The molecule has 0 spiro atoms. The molecule has 2 aromatic heterocycles. The van der Waals surface area contributed by atoms with Crippen molar-refractivity contribution in [3.63, 3.8) is 0 Å². The van der Waals surface area contributed by atoms with E-state index in [0.29, 0.717) is 0 Å². The number of benzene rings is 4. The van der Waals surface area contributed by atoms with E-state index in [1.807, 2.05) is 48.8 Å². The molecule has 37 heavy (non-hydrogen) atoms. The highest BCUT2D eigenvalue weighted by Gasteiger charge is 2.47. The van der Waals surface area contributed by atoms with Gasteiger partial charge in [-0.1, -0.05) is 78.0 Å². The molecule has 1 aliphatic carbocycles. The van der Waals surface area contributed by atoms with Crippen LogP contribution in [0.4, 0.5) is 0 Å². The van der Waals surface area contributed by atoms with E-state index >= 15 is 0 Å². The molecule has 5 nitrogen and oxygen atoms in total. The van der Waals surface area contributed by atoms with E-state index in [1.165, 1.54) is 22.3 Å². The van der Waals surface area contributed by atoms with Crippen LogP contribution in [0.5, 0.6) is 11.5 Å². The van der Waals surface area contributed by atoms with Gasteiger partial charge >= 0.3 is 0 Å². The molecule has 0 saturated heterocycles. The monoisotopic (exact) mass is 478 g/mol. The standard InChI is InChI=1S/C32H22N4O/c1-3-15-29-27(13-1)28-14-2-4-16-30(28)32(29,31-17-5-6-18-33-31)23-9-7-11-25(21-23)37-26-12-8-10-24(22-26)36-20-19-34-35-36/h1-22H. The summed E-state index contributed by atoms with van der Waals surface area (Å²) in [5.74, 6) is 1.48. The van der Waals surface area contributed by atoms with Crippen molar-refractivity contribution < 1.29 is 4.74 Å². The fraction of sp³-hybridized carbons (Fsp3) is 0.0312. The summed E-state index contributed by atoms with van der Waals surface area (Å²) in [5, 5.41) is 8.00. The van der Waals surface area contributed by atoms with E-state index in [1.54, 1.807) is 10.9 Å². The minimum Gasteiger partial charge on any atom is -0.457 e. The normalized spacial score (nSPS) is 13.1. The van der Waals surface area contributed by atoms with Crippen LogP contribution in [-0.4, -0.2) is 20.0 Å². The van der Waals surface area contributed by atoms with Gasteiger partial charge in [-0.05, 0) is 64.2 Å². The number of nitrogens with zero attached hydrogens (tertiary/aromatic N) is 4. The summed E-state index contributed by atoms with van der Waals surface area (Å²) in [5.41, 5.74) is 7.32. The van der Waals surface area contributed by atoms with Gasteiger partial charge in [0.2, 0.25) is 0 Å². The van der Waals surface area contributed by atoms with Gasteiger partial charge in [-0.3, -0.25) is 4.98 Å². The number of fused-ring (bicyclic) bond motifs is 3. The van der Waals surface area contributed by atoms with Crippen LogP contribution < -0.4 is 4.74 Å². The summed E-state index contributed by atoms with van der Waals surface area (Å²) in [6, 6.07) is 39.6. The van der Waals surface area contributed by atoms with E-state index in [4.69, 9.17) is 9.72 Å². The Morgan fingerprint density at radius 2 is 1.32 bits per heavy atom. The Labute approximate surface area is 214 Å². The maximum absolute atomic E-state index is 6.39. The van der Waals surface area contributed by atoms with Gasteiger partial charge in [-0.25, -0.2) is 4.68 Å². The lowest BCUT2D eigenvalue weighted by molar-refractivity contribution is 0.480. The molecule has 0 aliphatic heterocycles. The lowest BCUT2D eigenvalue weighted by Gasteiger charge is -2.32. The molecule has 0 fully saturated rings. The van der Waals surface area contributed by atoms with Crippen molar-refractivity contribution in [3.8, 4) is 28.3 Å². The van der Waals surface area contributed by atoms with Crippen LogP contribution >= 0.6 is 0 Å². The second kappa shape index (κ2) is 8.57. The molecule has 6 aromatic rings. The van der Waals surface area contributed by atoms with Gasteiger partial charge in [-0.2, -0.15) is 0 Å². The van der Waals surface area contributed by atoms with Crippen molar-refractivity contribution in [2.45, 2.75) is 5.41 Å². The number of aromatic nitrogens is 4. The van der Waals surface area contributed by atoms with Gasteiger partial charge in [0, 0.05) is 12.3 Å². The van der Waals surface area contributed by atoms with Crippen molar-refractivity contribution in [2.24, 2.45) is 0 Å². The van der Waals surface area contributed by atoms with Gasteiger partial charge in [0.05, 0.1) is 29.2 Å². The summed E-state index contributed by atoms with van der Waals surface area (Å²) in [7, 11) is 0. The fourth-order valence-corrected chi connectivity index (χ4v) is 5.52. The summed E-state index contributed by atoms with van der Waals surface area (Å²) in [6.45, 7) is 0. The Kier molecular flexibility index (Phi) is 4.93. The first-order chi connectivity index (χ1) is 18.3. The smallest absolute Gasteiger partial charge is 0.129 e. The molecule has 0 amide bonds. The van der Waals surface area contributed by atoms with Gasteiger partial charge in [0.15, 0.2) is 0 Å². The first kappa shape index (κ1) is 21.3. The van der Waals surface area contributed by atoms with Crippen molar-refractivity contribution in [1.29, 1.82) is 0 Å². The van der Waals surface area contributed by atoms with E-state index in [-0.39, 0.29) is 0 Å². The predicted molar refractivity (Wildman–Crippen MR) is 143 cm³/mol. The minimum atomic E-state index is -0.559. The number of hydrogen-bond acceptors (Lipinski definition) is 4. The van der Waals surface area contributed by atoms with Crippen LogP contribution in [-0.2, 0) is 5.41 Å². The molecule has 0 saturated carbocycles. The maximum Gasteiger partial charge on any atom is 0.129 e. The zero-order valence-electron chi connectivity index (χ0n) is 19.9. The Morgan fingerprint density at radius 1 is 0.622 bits per heavy atom. The van der Waals surface area contributed by atoms with Crippen LogP contribution in [0.1, 0.15) is 22.4 Å². The second-order valence-corrected chi connectivity index (χ2v) is 9.03. The van der Waals surface area contributed by atoms with E-state index in [9.17, 15) is 0 Å². The first-order valence-electron chi connectivity index (χ1n) is 12.2. The molecule has 0 unspecified atom stereocenters. The van der Waals surface area contributed by atoms with Crippen LogP contribution in [0.25, 0.3) is 16.8 Å². The highest BCUT2D eigenvalue weighted by atomic mass is 16.5. The van der Waals surface area contributed by atoms with E-state index in [2.05, 4.69) is 89.2 Å². The van der Waals surface area contributed by atoms with Gasteiger partial charge in [-0.15, -0.1) is 5.10 Å². The number of hydrogen-bond donors (Lipinski definition) is 0. The molecule has 0 radical (unpaired) electrons. The van der Waals surface area contributed by atoms with Crippen molar-refractivity contribution in [3.05, 3.63) is 156 Å². The Bertz CT molecular complexity index is 1670. The SMILES string of the molecule is c1ccc(C2(c3cccc(Oc4cccc(-n5ccnn5)c4)c3)c3ccccc3-c3ccccc32)nc1. The lowest BCUT2D eigenvalue weighted by atomic mass is 9.70. The zero-order valence-corrected chi connectivity index (χ0v) is 19.9. The fourth-order valence-electron chi connectivity index (χ4n) is 5.52. The molecule has 7 rings (SSSR count). The quantitative estimate of drug-likeness (QED) is 0.272. The van der Waals surface area contributed by atoms with Crippen LogP contribution in [0.3, 0.4) is 0 Å². The molecule has 0 N–H and O–H groups in total. The molecule has 5 heteroatoms. The third-order valence-corrected chi connectivity index (χ3v) is 7.01. The molecular weight excluding hydrogens is 456 g/mol. The number of pyridine rings is 1. The highest BCUT2D eigenvalue weighted by molar-refractivity contribution is 5.85. The van der Waals surface area contributed by atoms with Crippen LogP contribution in [0, 0.1) is 0 Å². The molecule has 1 aliphatic rings. The average molecular weight is 479 g/mol. The molecule has 4 aromatic carbocycles. The molecule has 176 valence electrons. The van der Waals surface area contributed by atoms with Gasteiger partial charge in [0.25, 0.3) is 0 Å². The van der Waals surface area contributed by atoms with Crippen LogP contribution in [0.2, 0.25) is 0 Å². The van der Waals surface area contributed by atoms with Crippen molar-refractivity contribution in [1.82, 2.24) is 20.0 Å². The third kappa shape index (κ3) is 3.36. The molecule has 0 atom stereocenters. The second-order valence-electron chi connectivity index (χ2n) is 9.03. The summed E-state index contributed by atoms with van der Waals surface area (Å²) in [4.78, 5) is 4.90. The van der Waals surface area contributed by atoms with E-state index < -0.39 is 5.41 Å². The minimum absolute atomic E-state index is 0.559. The zero-order chi connectivity index (χ0) is 24.7. The summed E-state index contributed by atoms with van der Waals surface area (Å²) in [6.07, 6.45) is 5.34. The Morgan fingerprint density at radius 3 is 2.03 bits per heavy atom. The number of ether oxygens (including phenoxy) is 1. The largest absolute Gasteiger partial charge is 0.457 e. The summed E-state index contributed by atoms with van der Waals surface area (Å²) >= 11 is 0. The van der Waals surface area contributed by atoms with E-state index in [0.717, 1.165) is 28.4 Å². The third-order valence-electron chi connectivity index (χ3n) is 7.01. The molecule has 0 bridgehead atoms. The maximum atomic E-state index is 6.39. The average Bonchev–Trinajstić information content (AvgIpc) is 3.60. The summed E-state index contributed by atoms with van der Waals surface area (Å²) < 4.78 is 8.11. The lowest BCUT2D eigenvalue weighted by Crippen LogP contribution is -2.29. The van der Waals surface area contributed by atoms with Crippen molar-refractivity contribution in [2.75, 3.05) is 0 Å². The van der Waals surface area contributed by atoms with Crippen molar-refractivity contribution >= 4 is 0 Å². The highest BCUT2D eigenvalue weighted by Crippen LogP contribution is 2.55. The number of rotatable bonds is 5. The van der Waals surface area contributed by atoms with Crippen LogP contribution in [0.15, 0.2) is 134 Å². The Balaban J connectivity index is 1.40. The van der Waals surface area contributed by atoms with Gasteiger partial charge < -0.3 is 4.74 Å². The Hall–Kier alpha value is -5.03.